The molecule has 1 N–H and O–H groups in total. The Morgan fingerprint density at radius 2 is 2.23 bits per heavy atom. The lowest BCUT2D eigenvalue weighted by Crippen LogP contribution is -2.38. The molecule has 0 radical (unpaired) electrons. The van der Waals surface area contributed by atoms with Crippen LogP contribution in [0.5, 0.6) is 5.88 Å². The third kappa shape index (κ3) is 3.71. The number of hydrogen-bond acceptors (Lipinski definition) is 4. The lowest BCUT2D eigenvalue weighted by molar-refractivity contribution is 0.205. The average molecular weight is 309 g/mol. The fraction of sp³-hybridized carbons (Fsp3) is 0.733. The smallest absolute Gasteiger partial charge is 0.317 e. The van der Waals surface area contributed by atoms with Crippen molar-refractivity contribution in [3.8, 4) is 5.88 Å². The molecule has 22 heavy (non-hydrogen) atoms. The van der Waals surface area contributed by atoms with Crippen molar-refractivity contribution < 1.29 is 9.53 Å². The number of hydrogen-bond donors (Lipinski definition) is 1. The summed E-state index contributed by atoms with van der Waals surface area (Å²) in [6, 6.07) is -0.00781. The SMILES string of the molecule is COc1c(CNC(=O)N2CCC(CN(C)C)C2)c(C)nn1C. The Hall–Kier alpha value is -1.76. The van der Waals surface area contributed by atoms with Crippen molar-refractivity contribution in [1.82, 2.24) is 24.9 Å². The Labute approximate surface area is 132 Å². The maximum Gasteiger partial charge on any atom is 0.317 e. The van der Waals surface area contributed by atoms with Crippen molar-refractivity contribution >= 4 is 6.03 Å². The number of nitrogens with zero attached hydrogens (tertiary/aromatic N) is 4. The quantitative estimate of drug-likeness (QED) is 0.875. The Kier molecular flexibility index (Phi) is 5.28. The molecule has 2 heterocycles. The minimum absolute atomic E-state index is 0.00781. The fourth-order valence-corrected chi connectivity index (χ4v) is 3.10. The van der Waals surface area contributed by atoms with Gasteiger partial charge in [-0.1, -0.05) is 0 Å². The van der Waals surface area contributed by atoms with Gasteiger partial charge in [-0.2, -0.15) is 5.10 Å². The van der Waals surface area contributed by atoms with Crippen molar-refractivity contribution in [2.45, 2.75) is 19.9 Å². The minimum Gasteiger partial charge on any atom is -0.481 e. The summed E-state index contributed by atoms with van der Waals surface area (Å²) in [5.74, 6) is 1.26. The number of aromatic nitrogens is 2. The monoisotopic (exact) mass is 309 g/mol. The van der Waals surface area contributed by atoms with E-state index in [2.05, 4.69) is 29.4 Å². The number of urea groups is 1. The molecule has 1 atom stereocenters. The van der Waals surface area contributed by atoms with Crippen LogP contribution in [0, 0.1) is 12.8 Å². The van der Waals surface area contributed by atoms with Crippen LogP contribution in [0.3, 0.4) is 0 Å². The van der Waals surface area contributed by atoms with Crippen molar-refractivity contribution in [1.29, 1.82) is 0 Å². The predicted octanol–water partition coefficient (Wildman–Crippen LogP) is 0.830. The number of likely N-dealkylation sites (tertiary alicyclic amines) is 1. The largest absolute Gasteiger partial charge is 0.481 e. The van der Waals surface area contributed by atoms with E-state index in [1.165, 1.54) is 0 Å². The van der Waals surface area contributed by atoms with Gasteiger partial charge in [-0.25, -0.2) is 9.48 Å². The molecule has 0 aliphatic carbocycles. The van der Waals surface area contributed by atoms with Crippen LogP contribution < -0.4 is 10.1 Å². The topological polar surface area (TPSA) is 62.6 Å². The molecular formula is C15H27N5O2. The average Bonchev–Trinajstić information content (AvgIpc) is 3.00. The fourth-order valence-electron chi connectivity index (χ4n) is 3.10. The number of aryl methyl sites for hydroxylation is 2. The van der Waals surface area contributed by atoms with Crippen LogP contribution in [0.15, 0.2) is 0 Å². The molecule has 7 heteroatoms. The van der Waals surface area contributed by atoms with Crippen LogP contribution in [0.25, 0.3) is 0 Å². The van der Waals surface area contributed by atoms with Gasteiger partial charge in [0.15, 0.2) is 0 Å². The van der Waals surface area contributed by atoms with E-state index in [-0.39, 0.29) is 6.03 Å². The van der Waals surface area contributed by atoms with Crippen LogP contribution in [0.2, 0.25) is 0 Å². The molecule has 1 aliphatic heterocycles. The summed E-state index contributed by atoms with van der Waals surface area (Å²) in [4.78, 5) is 16.4. The molecule has 0 saturated carbocycles. The van der Waals surface area contributed by atoms with E-state index in [0.29, 0.717) is 18.3 Å². The molecule has 7 nitrogen and oxygen atoms in total. The normalized spacial score (nSPS) is 18.1. The van der Waals surface area contributed by atoms with Crippen molar-refractivity contribution in [3.05, 3.63) is 11.3 Å². The summed E-state index contributed by atoms with van der Waals surface area (Å²) in [5, 5.41) is 7.31. The summed E-state index contributed by atoms with van der Waals surface area (Å²) in [6.45, 7) is 5.05. The van der Waals surface area contributed by atoms with Gasteiger partial charge in [-0.05, 0) is 33.4 Å². The number of carbonyl (C=O) groups excluding carboxylic acids is 1. The van der Waals surface area contributed by atoms with Crippen LogP contribution in [-0.2, 0) is 13.6 Å². The highest BCUT2D eigenvalue weighted by atomic mass is 16.5. The first kappa shape index (κ1) is 16.6. The summed E-state index contributed by atoms with van der Waals surface area (Å²) >= 11 is 0. The van der Waals surface area contributed by atoms with E-state index in [9.17, 15) is 4.79 Å². The third-order valence-electron chi connectivity index (χ3n) is 4.09. The highest BCUT2D eigenvalue weighted by Gasteiger charge is 2.26. The van der Waals surface area contributed by atoms with E-state index < -0.39 is 0 Å². The molecule has 0 aromatic carbocycles. The number of methoxy groups -OCH3 is 1. The van der Waals surface area contributed by atoms with E-state index in [1.807, 2.05) is 18.9 Å². The van der Waals surface area contributed by atoms with Gasteiger partial charge in [-0.15, -0.1) is 0 Å². The Balaban J connectivity index is 1.89. The molecule has 2 amide bonds. The van der Waals surface area contributed by atoms with Gasteiger partial charge in [0.2, 0.25) is 5.88 Å². The van der Waals surface area contributed by atoms with Crippen LogP contribution in [0.1, 0.15) is 17.7 Å². The van der Waals surface area contributed by atoms with Gasteiger partial charge in [0.05, 0.1) is 24.9 Å². The molecule has 0 spiro atoms. The molecule has 1 fully saturated rings. The molecular weight excluding hydrogens is 282 g/mol. The number of rotatable bonds is 5. The molecule has 1 unspecified atom stereocenters. The summed E-state index contributed by atoms with van der Waals surface area (Å²) < 4.78 is 7.04. The summed E-state index contributed by atoms with van der Waals surface area (Å²) in [6.07, 6.45) is 1.07. The maximum atomic E-state index is 12.3. The summed E-state index contributed by atoms with van der Waals surface area (Å²) in [5.41, 5.74) is 1.81. The van der Waals surface area contributed by atoms with Gasteiger partial charge < -0.3 is 19.9 Å². The molecule has 1 aliphatic rings. The Morgan fingerprint density at radius 3 is 2.86 bits per heavy atom. The predicted molar refractivity (Wildman–Crippen MR) is 85.0 cm³/mol. The first-order valence-electron chi connectivity index (χ1n) is 7.66. The zero-order chi connectivity index (χ0) is 16.3. The number of carbonyl (C=O) groups is 1. The van der Waals surface area contributed by atoms with Gasteiger partial charge in [0.1, 0.15) is 0 Å². The lowest BCUT2D eigenvalue weighted by Gasteiger charge is -2.19. The van der Waals surface area contributed by atoms with E-state index >= 15 is 0 Å². The molecule has 2 rings (SSSR count). The number of nitrogens with one attached hydrogen (secondary N) is 1. The molecule has 0 bridgehead atoms. The second kappa shape index (κ2) is 7.00. The molecule has 124 valence electrons. The van der Waals surface area contributed by atoms with Crippen LogP contribution in [-0.4, -0.2) is 66.5 Å². The molecule has 1 aromatic rings. The van der Waals surface area contributed by atoms with Gasteiger partial charge in [0, 0.05) is 26.7 Å². The van der Waals surface area contributed by atoms with Crippen LogP contribution in [0.4, 0.5) is 4.79 Å². The van der Waals surface area contributed by atoms with Crippen molar-refractivity contribution in [2.75, 3.05) is 40.8 Å². The van der Waals surface area contributed by atoms with Crippen molar-refractivity contribution in [2.24, 2.45) is 13.0 Å². The second-order valence-electron chi connectivity index (χ2n) is 6.22. The third-order valence-corrected chi connectivity index (χ3v) is 4.09. The second-order valence-corrected chi connectivity index (χ2v) is 6.22. The van der Waals surface area contributed by atoms with E-state index in [1.54, 1.807) is 11.8 Å². The standard InChI is InChI=1S/C15H27N5O2/c1-11-13(14(22-5)19(4)17-11)8-16-15(21)20-7-6-12(10-20)9-18(2)3/h12H,6-10H2,1-5H3,(H,16,21). The Morgan fingerprint density at radius 1 is 1.50 bits per heavy atom. The van der Waals surface area contributed by atoms with E-state index in [0.717, 1.165) is 37.3 Å². The minimum atomic E-state index is -0.00781. The van der Waals surface area contributed by atoms with Gasteiger partial charge in [0.25, 0.3) is 0 Å². The number of amides is 2. The summed E-state index contributed by atoms with van der Waals surface area (Å²) in [7, 11) is 7.60. The van der Waals surface area contributed by atoms with Crippen molar-refractivity contribution in [3.63, 3.8) is 0 Å². The zero-order valence-corrected chi connectivity index (χ0v) is 14.2. The first-order chi connectivity index (χ1) is 10.4. The van der Waals surface area contributed by atoms with Gasteiger partial charge >= 0.3 is 6.03 Å². The number of ether oxygens (including phenoxy) is 1. The first-order valence-corrected chi connectivity index (χ1v) is 7.66. The lowest BCUT2D eigenvalue weighted by atomic mass is 10.1. The highest BCUT2D eigenvalue weighted by molar-refractivity contribution is 5.74. The molecule has 1 saturated heterocycles. The maximum absolute atomic E-state index is 12.3. The van der Waals surface area contributed by atoms with Gasteiger partial charge in [-0.3, -0.25) is 0 Å². The van der Waals surface area contributed by atoms with E-state index in [4.69, 9.17) is 4.74 Å². The highest BCUT2D eigenvalue weighted by Crippen LogP contribution is 2.21. The van der Waals surface area contributed by atoms with Crippen LogP contribution >= 0.6 is 0 Å². The molecule has 1 aromatic heterocycles. The Bertz CT molecular complexity index is 526. The zero-order valence-electron chi connectivity index (χ0n) is 14.2.